The third kappa shape index (κ3) is 13.7. The Hall–Kier alpha value is -3.12. The SMILES string of the molecule is C=C1OC(=O)C([C@H](O)CC(=O)O[C@H](C)[C@@H](OC)[C@H](O)CC(=O)[C@@H](C)C(O)CC[C@H](C)C[C@@H](C)CCC=C(C=CC(=O)O)CC)=C1C. The van der Waals surface area contributed by atoms with E-state index in [2.05, 4.69) is 26.5 Å². The van der Waals surface area contributed by atoms with Crippen LogP contribution in [0, 0.1) is 17.8 Å². The van der Waals surface area contributed by atoms with Crippen LogP contribution >= 0.6 is 0 Å². The molecular formula is C35H54O11. The maximum absolute atomic E-state index is 12.9. The maximum atomic E-state index is 12.9. The molecule has 0 saturated carbocycles. The van der Waals surface area contributed by atoms with E-state index in [0.29, 0.717) is 23.8 Å². The number of esters is 2. The molecule has 11 nitrogen and oxygen atoms in total. The van der Waals surface area contributed by atoms with Gasteiger partial charge in [0, 0.05) is 31.1 Å². The molecule has 0 aromatic heterocycles. The number of rotatable bonds is 22. The lowest BCUT2D eigenvalue weighted by Gasteiger charge is -2.28. The zero-order valence-electron chi connectivity index (χ0n) is 28.4. The van der Waals surface area contributed by atoms with Crippen LogP contribution in [-0.4, -0.2) is 81.7 Å². The molecule has 1 heterocycles. The van der Waals surface area contributed by atoms with Gasteiger partial charge in [0.2, 0.25) is 0 Å². The summed E-state index contributed by atoms with van der Waals surface area (Å²) in [7, 11) is 1.31. The second kappa shape index (κ2) is 20.2. The van der Waals surface area contributed by atoms with E-state index in [1.54, 1.807) is 19.9 Å². The monoisotopic (exact) mass is 650 g/mol. The van der Waals surface area contributed by atoms with Crippen LogP contribution in [0.1, 0.15) is 92.9 Å². The Morgan fingerprint density at radius 3 is 2.13 bits per heavy atom. The van der Waals surface area contributed by atoms with Gasteiger partial charge in [-0.2, -0.15) is 0 Å². The van der Waals surface area contributed by atoms with Crippen molar-refractivity contribution in [2.45, 2.75) is 123 Å². The summed E-state index contributed by atoms with van der Waals surface area (Å²) in [5.41, 5.74) is 1.27. The van der Waals surface area contributed by atoms with Crippen molar-refractivity contribution >= 4 is 23.7 Å². The fourth-order valence-electron chi connectivity index (χ4n) is 5.59. The van der Waals surface area contributed by atoms with E-state index in [9.17, 15) is 34.5 Å². The molecule has 46 heavy (non-hydrogen) atoms. The first-order valence-electron chi connectivity index (χ1n) is 16.0. The zero-order chi connectivity index (χ0) is 35.1. The minimum atomic E-state index is -1.46. The molecule has 0 aromatic carbocycles. The minimum absolute atomic E-state index is 0.0671. The van der Waals surface area contributed by atoms with E-state index in [4.69, 9.17) is 19.3 Å². The number of ether oxygens (including phenoxy) is 3. The number of cyclic esters (lactones) is 1. The number of carbonyl (C=O) groups is 4. The van der Waals surface area contributed by atoms with E-state index in [1.807, 2.05) is 6.92 Å². The number of ketones is 1. The van der Waals surface area contributed by atoms with Crippen LogP contribution in [0.25, 0.3) is 0 Å². The van der Waals surface area contributed by atoms with E-state index >= 15 is 0 Å². The molecule has 11 heteroatoms. The summed E-state index contributed by atoms with van der Waals surface area (Å²) in [6.45, 7) is 14.5. The maximum Gasteiger partial charge on any atom is 0.342 e. The van der Waals surface area contributed by atoms with Gasteiger partial charge in [0.1, 0.15) is 23.8 Å². The average molecular weight is 651 g/mol. The number of hydrogen-bond donors (Lipinski definition) is 4. The molecule has 0 aromatic rings. The first-order chi connectivity index (χ1) is 21.5. The summed E-state index contributed by atoms with van der Waals surface area (Å²) in [6.07, 6.45) is 2.98. The molecular weight excluding hydrogens is 596 g/mol. The van der Waals surface area contributed by atoms with Crippen molar-refractivity contribution in [1.82, 2.24) is 0 Å². The molecule has 0 saturated heterocycles. The number of aliphatic hydroxyl groups excluding tert-OH is 3. The van der Waals surface area contributed by atoms with Gasteiger partial charge >= 0.3 is 17.9 Å². The van der Waals surface area contributed by atoms with E-state index in [0.717, 1.165) is 43.8 Å². The summed E-state index contributed by atoms with van der Waals surface area (Å²) >= 11 is 0. The standard InChI is InChI=1S/C35H54O11/c1-9-26(14-16-31(40)41)12-10-11-20(2)17-21(3)13-15-27(36)23(5)28(37)18-30(39)34(44-8)25(7)45-32(42)19-29(38)33-22(4)24(6)46-35(33)43/h12,14,16,20-21,23,25,27,29-30,34,36,38-39H,6,9-11,13,15,17-19H2,1-5,7-8H3,(H,40,41)/t20-,21-,23-,25+,27?,29+,30+,34+/m0/s1. The lowest BCUT2D eigenvalue weighted by atomic mass is 9.86. The molecule has 260 valence electrons. The van der Waals surface area contributed by atoms with Crippen molar-refractivity contribution < 1.29 is 53.8 Å². The Balaban J connectivity index is 2.54. The van der Waals surface area contributed by atoms with Gasteiger partial charge in [-0.25, -0.2) is 9.59 Å². The Bertz CT molecular complexity index is 1150. The third-order valence-corrected chi connectivity index (χ3v) is 8.55. The number of aliphatic carboxylic acids is 1. The molecule has 0 radical (unpaired) electrons. The normalized spacial score (nSPS) is 19.3. The summed E-state index contributed by atoms with van der Waals surface area (Å²) in [4.78, 5) is 48.1. The first-order valence-corrected chi connectivity index (χ1v) is 16.0. The predicted molar refractivity (Wildman–Crippen MR) is 172 cm³/mol. The summed E-state index contributed by atoms with van der Waals surface area (Å²) < 4.78 is 15.5. The number of Topliss-reactive ketones (excluding diaryl/α,β-unsaturated/α-hetero) is 1. The van der Waals surface area contributed by atoms with Crippen LogP contribution in [0.4, 0.5) is 0 Å². The average Bonchev–Trinajstić information content (AvgIpc) is 3.23. The van der Waals surface area contributed by atoms with Gasteiger partial charge in [-0.05, 0) is 64.2 Å². The van der Waals surface area contributed by atoms with Crippen LogP contribution in [0.5, 0.6) is 0 Å². The van der Waals surface area contributed by atoms with Crippen molar-refractivity contribution in [3.05, 3.63) is 47.3 Å². The highest BCUT2D eigenvalue weighted by Crippen LogP contribution is 2.28. The number of carbonyl (C=O) groups excluding carboxylic acids is 3. The van der Waals surface area contributed by atoms with Gasteiger partial charge in [-0.3, -0.25) is 9.59 Å². The molecule has 1 rings (SSSR count). The van der Waals surface area contributed by atoms with Crippen LogP contribution in [-0.2, 0) is 33.4 Å². The lowest BCUT2D eigenvalue weighted by molar-refractivity contribution is -0.162. The minimum Gasteiger partial charge on any atom is -0.478 e. The molecule has 1 aliphatic heterocycles. The molecule has 0 spiro atoms. The topological polar surface area (TPSA) is 177 Å². The molecule has 1 aliphatic rings. The van der Waals surface area contributed by atoms with Crippen LogP contribution in [0.15, 0.2) is 47.3 Å². The van der Waals surface area contributed by atoms with Crippen molar-refractivity contribution in [3.63, 3.8) is 0 Å². The fourth-order valence-corrected chi connectivity index (χ4v) is 5.59. The number of methoxy groups -OCH3 is 1. The molecule has 0 bridgehead atoms. The third-order valence-electron chi connectivity index (χ3n) is 8.55. The second-order valence-electron chi connectivity index (χ2n) is 12.5. The van der Waals surface area contributed by atoms with Crippen LogP contribution < -0.4 is 0 Å². The number of carboxylic acids is 1. The Kier molecular flexibility index (Phi) is 18.0. The van der Waals surface area contributed by atoms with E-state index in [1.165, 1.54) is 14.0 Å². The quantitative estimate of drug-likeness (QED) is 0.0732. The highest BCUT2D eigenvalue weighted by atomic mass is 16.6. The smallest absolute Gasteiger partial charge is 0.342 e. The highest BCUT2D eigenvalue weighted by molar-refractivity contribution is 5.96. The van der Waals surface area contributed by atoms with Gasteiger partial charge in [0.25, 0.3) is 0 Å². The van der Waals surface area contributed by atoms with Gasteiger partial charge in [-0.1, -0.05) is 52.0 Å². The number of allylic oxidation sites excluding steroid dienone is 4. The predicted octanol–water partition coefficient (Wildman–Crippen LogP) is 4.59. The van der Waals surface area contributed by atoms with E-state index < -0.39 is 60.8 Å². The summed E-state index contributed by atoms with van der Waals surface area (Å²) in [6, 6.07) is 0. The van der Waals surface area contributed by atoms with Crippen molar-refractivity contribution in [2.75, 3.05) is 7.11 Å². The molecule has 0 fully saturated rings. The van der Waals surface area contributed by atoms with E-state index in [-0.39, 0.29) is 23.5 Å². The Labute approximate surface area is 273 Å². The number of hydrogen-bond acceptors (Lipinski definition) is 10. The zero-order valence-corrected chi connectivity index (χ0v) is 28.4. The van der Waals surface area contributed by atoms with Gasteiger partial charge in [0.05, 0.1) is 30.3 Å². The summed E-state index contributed by atoms with van der Waals surface area (Å²) in [5, 5.41) is 40.7. The molecule has 1 unspecified atom stereocenters. The molecule has 8 atom stereocenters. The molecule has 0 aliphatic carbocycles. The summed E-state index contributed by atoms with van der Waals surface area (Å²) in [5.74, 6) is -2.79. The van der Waals surface area contributed by atoms with Crippen LogP contribution in [0.3, 0.4) is 0 Å². The van der Waals surface area contributed by atoms with Crippen molar-refractivity contribution in [2.24, 2.45) is 17.8 Å². The first kappa shape index (κ1) is 40.9. The Morgan fingerprint density at radius 2 is 1.59 bits per heavy atom. The molecule has 0 amide bonds. The van der Waals surface area contributed by atoms with Crippen LogP contribution in [0.2, 0.25) is 0 Å². The van der Waals surface area contributed by atoms with Crippen molar-refractivity contribution in [1.29, 1.82) is 0 Å². The van der Waals surface area contributed by atoms with Gasteiger partial charge in [0.15, 0.2) is 0 Å². The van der Waals surface area contributed by atoms with Gasteiger partial charge in [-0.15, -0.1) is 0 Å². The largest absolute Gasteiger partial charge is 0.478 e. The number of aliphatic hydroxyl groups is 3. The molecule has 4 N–H and O–H groups in total. The lowest BCUT2D eigenvalue weighted by Crippen LogP contribution is -2.42. The Morgan fingerprint density at radius 1 is 0.957 bits per heavy atom. The second-order valence-corrected chi connectivity index (χ2v) is 12.5. The highest BCUT2D eigenvalue weighted by Gasteiger charge is 2.35. The number of carboxylic acid groups (broad SMARTS) is 1. The van der Waals surface area contributed by atoms with Crippen molar-refractivity contribution in [3.8, 4) is 0 Å². The fraction of sp³-hybridized carbons (Fsp3) is 0.657. The van der Waals surface area contributed by atoms with Gasteiger partial charge < -0.3 is 34.6 Å².